The number of nitrogens with zero attached hydrogens (tertiary/aromatic N) is 4. The van der Waals surface area contributed by atoms with Gasteiger partial charge in [-0.15, -0.1) is 0 Å². The Morgan fingerprint density at radius 3 is 2.46 bits per heavy atom. The number of rotatable bonds is 6. The van der Waals surface area contributed by atoms with Crippen molar-refractivity contribution in [3.05, 3.63) is 60.3 Å². The largest absolute Gasteiger partial charge is 0.356 e. The molecule has 2 aromatic rings. The SMILES string of the molecule is CN=C(NCCC(=O)N1CCN(c2ccccn2)CC1)NCc1ccccc1. The molecule has 0 unspecified atom stereocenters. The highest BCUT2D eigenvalue weighted by Crippen LogP contribution is 2.12. The lowest BCUT2D eigenvalue weighted by Gasteiger charge is -2.35. The minimum Gasteiger partial charge on any atom is -0.356 e. The first-order chi connectivity index (χ1) is 13.8. The highest BCUT2D eigenvalue weighted by molar-refractivity contribution is 5.81. The van der Waals surface area contributed by atoms with Crippen molar-refractivity contribution < 1.29 is 4.79 Å². The van der Waals surface area contributed by atoms with Gasteiger partial charge in [-0.2, -0.15) is 0 Å². The maximum Gasteiger partial charge on any atom is 0.224 e. The van der Waals surface area contributed by atoms with Gasteiger partial charge in [0.2, 0.25) is 5.91 Å². The number of piperazine rings is 1. The number of aliphatic imine (C=N–C) groups is 1. The molecule has 2 N–H and O–H groups in total. The second-order valence-corrected chi connectivity index (χ2v) is 6.64. The molecule has 7 heteroatoms. The molecule has 2 heterocycles. The number of anilines is 1. The van der Waals surface area contributed by atoms with Gasteiger partial charge in [0.05, 0.1) is 0 Å². The molecule has 0 atom stereocenters. The molecule has 0 aliphatic carbocycles. The van der Waals surface area contributed by atoms with Gasteiger partial charge in [-0.05, 0) is 17.7 Å². The van der Waals surface area contributed by atoms with Crippen LogP contribution < -0.4 is 15.5 Å². The summed E-state index contributed by atoms with van der Waals surface area (Å²) in [6.07, 6.45) is 2.26. The van der Waals surface area contributed by atoms with Gasteiger partial charge in [0.25, 0.3) is 0 Å². The lowest BCUT2D eigenvalue weighted by molar-refractivity contribution is -0.131. The van der Waals surface area contributed by atoms with Crippen LogP contribution in [0.1, 0.15) is 12.0 Å². The Kier molecular flexibility index (Phi) is 7.23. The van der Waals surface area contributed by atoms with Crippen LogP contribution in [-0.4, -0.2) is 61.5 Å². The van der Waals surface area contributed by atoms with Crippen molar-refractivity contribution in [2.75, 3.05) is 44.7 Å². The topological polar surface area (TPSA) is 72.9 Å². The van der Waals surface area contributed by atoms with Crippen LogP contribution in [0.15, 0.2) is 59.7 Å². The van der Waals surface area contributed by atoms with E-state index in [1.165, 1.54) is 5.56 Å². The number of carbonyl (C=O) groups excluding carboxylic acids is 1. The summed E-state index contributed by atoms with van der Waals surface area (Å²) in [7, 11) is 1.74. The number of benzene rings is 1. The van der Waals surface area contributed by atoms with Gasteiger partial charge in [-0.25, -0.2) is 4.98 Å². The zero-order valence-electron chi connectivity index (χ0n) is 16.3. The number of amides is 1. The number of nitrogens with one attached hydrogen (secondary N) is 2. The van der Waals surface area contributed by atoms with Gasteiger partial charge in [-0.3, -0.25) is 9.79 Å². The van der Waals surface area contributed by atoms with Crippen LogP contribution in [-0.2, 0) is 11.3 Å². The molecular weight excluding hydrogens is 352 g/mol. The maximum absolute atomic E-state index is 12.5. The van der Waals surface area contributed by atoms with Crippen LogP contribution in [0.3, 0.4) is 0 Å². The van der Waals surface area contributed by atoms with Crippen molar-refractivity contribution in [2.45, 2.75) is 13.0 Å². The standard InChI is InChI=1S/C21H28N6O/c1-22-21(25-17-18-7-3-2-4-8-18)24-12-10-20(28)27-15-13-26(14-16-27)19-9-5-6-11-23-19/h2-9,11H,10,12-17H2,1H3,(H2,22,24,25). The minimum atomic E-state index is 0.173. The predicted molar refractivity (Wildman–Crippen MR) is 112 cm³/mol. The molecule has 3 rings (SSSR count). The average Bonchev–Trinajstić information content (AvgIpc) is 2.77. The Labute approximate surface area is 166 Å². The van der Waals surface area contributed by atoms with E-state index in [1.54, 1.807) is 13.2 Å². The lowest BCUT2D eigenvalue weighted by Crippen LogP contribution is -2.49. The number of hydrogen-bond donors (Lipinski definition) is 2. The average molecular weight is 380 g/mol. The first kappa shape index (κ1) is 19.7. The van der Waals surface area contributed by atoms with Crippen molar-refractivity contribution in [1.82, 2.24) is 20.5 Å². The smallest absolute Gasteiger partial charge is 0.224 e. The van der Waals surface area contributed by atoms with E-state index in [9.17, 15) is 4.79 Å². The Hall–Kier alpha value is -3.09. The number of guanidine groups is 1. The van der Waals surface area contributed by atoms with Crippen LogP contribution in [0.2, 0.25) is 0 Å². The molecule has 1 aliphatic rings. The van der Waals surface area contributed by atoms with Crippen LogP contribution in [0.4, 0.5) is 5.82 Å². The Balaban J connectivity index is 1.36. The summed E-state index contributed by atoms with van der Waals surface area (Å²) in [4.78, 5) is 25.2. The number of pyridine rings is 1. The zero-order chi connectivity index (χ0) is 19.6. The maximum atomic E-state index is 12.5. The quantitative estimate of drug-likeness (QED) is 0.587. The molecule has 1 aromatic carbocycles. The summed E-state index contributed by atoms with van der Waals surface area (Å²) in [6.45, 7) is 4.36. The van der Waals surface area contributed by atoms with Crippen LogP contribution >= 0.6 is 0 Å². The Morgan fingerprint density at radius 2 is 1.79 bits per heavy atom. The molecule has 0 spiro atoms. The monoisotopic (exact) mass is 380 g/mol. The fourth-order valence-electron chi connectivity index (χ4n) is 3.17. The van der Waals surface area contributed by atoms with E-state index in [0.29, 0.717) is 25.5 Å². The third-order valence-electron chi connectivity index (χ3n) is 4.76. The second-order valence-electron chi connectivity index (χ2n) is 6.64. The van der Waals surface area contributed by atoms with E-state index in [-0.39, 0.29) is 5.91 Å². The molecule has 7 nitrogen and oxygen atoms in total. The first-order valence-electron chi connectivity index (χ1n) is 9.68. The van der Waals surface area contributed by atoms with Crippen molar-refractivity contribution in [3.8, 4) is 0 Å². The van der Waals surface area contributed by atoms with Crippen molar-refractivity contribution >= 4 is 17.7 Å². The van der Waals surface area contributed by atoms with Crippen LogP contribution in [0, 0.1) is 0 Å². The molecule has 0 radical (unpaired) electrons. The molecule has 1 saturated heterocycles. The van der Waals surface area contributed by atoms with Gasteiger partial charge in [-0.1, -0.05) is 36.4 Å². The minimum absolute atomic E-state index is 0.173. The summed E-state index contributed by atoms with van der Waals surface area (Å²) in [6, 6.07) is 16.1. The predicted octanol–water partition coefficient (Wildman–Crippen LogP) is 1.49. The molecule has 1 amide bonds. The van der Waals surface area contributed by atoms with E-state index in [4.69, 9.17) is 0 Å². The first-order valence-corrected chi connectivity index (χ1v) is 9.68. The van der Waals surface area contributed by atoms with E-state index in [2.05, 4.69) is 37.6 Å². The number of hydrogen-bond acceptors (Lipinski definition) is 4. The Morgan fingerprint density at radius 1 is 1.04 bits per heavy atom. The van der Waals surface area contributed by atoms with Crippen molar-refractivity contribution in [1.29, 1.82) is 0 Å². The fourth-order valence-corrected chi connectivity index (χ4v) is 3.17. The molecule has 1 fully saturated rings. The second kappa shape index (κ2) is 10.3. The summed E-state index contributed by atoms with van der Waals surface area (Å²) < 4.78 is 0. The van der Waals surface area contributed by atoms with Crippen molar-refractivity contribution in [3.63, 3.8) is 0 Å². The molecule has 28 heavy (non-hydrogen) atoms. The van der Waals surface area contributed by atoms with Crippen molar-refractivity contribution in [2.24, 2.45) is 4.99 Å². The normalized spacial score (nSPS) is 14.7. The summed E-state index contributed by atoms with van der Waals surface area (Å²) in [5.41, 5.74) is 1.19. The fraction of sp³-hybridized carbons (Fsp3) is 0.381. The zero-order valence-corrected chi connectivity index (χ0v) is 16.3. The molecule has 1 aliphatic heterocycles. The summed E-state index contributed by atoms with van der Waals surface area (Å²) >= 11 is 0. The van der Waals surface area contributed by atoms with Gasteiger partial charge in [0.1, 0.15) is 5.82 Å². The van der Waals surface area contributed by atoms with E-state index in [1.807, 2.05) is 41.3 Å². The number of carbonyl (C=O) groups is 1. The van der Waals surface area contributed by atoms with Crippen LogP contribution in [0.25, 0.3) is 0 Å². The Bertz CT molecular complexity index is 757. The molecular formula is C21H28N6O. The lowest BCUT2D eigenvalue weighted by atomic mass is 10.2. The molecule has 0 bridgehead atoms. The van der Waals surface area contributed by atoms with E-state index >= 15 is 0 Å². The van der Waals surface area contributed by atoms with Gasteiger partial charge < -0.3 is 20.4 Å². The molecule has 1 aromatic heterocycles. The third kappa shape index (κ3) is 5.70. The summed E-state index contributed by atoms with van der Waals surface area (Å²) in [5, 5.41) is 6.48. The van der Waals surface area contributed by atoms with E-state index in [0.717, 1.165) is 32.0 Å². The van der Waals surface area contributed by atoms with Gasteiger partial charge >= 0.3 is 0 Å². The summed E-state index contributed by atoms with van der Waals surface area (Å²) in [5.74, 6) is 1.85. The van der Waals surface area contributed by atoms with Gasteiger partial charge in [0, 0.05) is 58.9 Å². The molecule has 0 saturated carbocycles. The highest BCUT2D eigenvalue weighted by Gasteiger charge is 2.21. The van der Waals surface area contributed by atoms with Crippen LogP contribution in [0.5, 0.6) is 0 Å². The molecule has 148 valence electrons. The van der Waals surface area contributed by atoms with E-state index < -0.39 is 0 Å². The third-order valence-corrected chi connectivity index (χ3v) is 4.76. The van der Waals surface area contributed by atoms with Gasteiger partial charge in [0.15, 0.2) is 5.96 Å². The highest BCUT2D eigenvalue weighted by atomic mass is 16.2. The number of aromatic nitrogens is 1.